The monoisotopic (exact) mass is 987 g/mol. The fourth-order valence-corrected chi connectivity index (χ4v) is 9.74. The van der Waals surface area contributed by atoms with Gasteiger partial charge in [-0.3, -0.25) is 14.4 Å². The molecule has 0 fully saturated rings. The number of carbonyl (C=O) groups is 3. The largest absolute Gasteiger partial charge is 0.462 e. The van der Waals surface area contributed by atoms with Crippen LogP contribution in [0, 0.1) is 0 Å². The van der Waals surface area contributed by atoms with Gasteiger partial charge in [0.25, 0.3) is 0 Å². The first kappa shape index (κ1) is 68.2. The summed E-state index contributed by atoms with van der Waals surface area (Å²) >= 11 is 0. The van der Waals surface area contributed by atoms with Gasteiger partial charge in [0, 0.05) is 19.3 Å². The summed E-state index contributed by atoms with van der Waals surface area (Å²) in [6.45, 7) is 6.62. The van der Waals surface area contributed by atoms with Gasteiger partial charge in [-0.05, 0) is 44.9 Å². The van der Waals surface area contributed by atoms with Gasteiger partial charge in [-0.1, -0.05) is 309 Å². The first-order valence-electron chi connectivity index (χ1n) is 31.7. The van der Waals surface area contributed by atoms with Gasteiger partial charge in [0.1, 0.15) is 13.2 Å². The highest BCUT2D eigenvalue weighted by atomic mass is 16.6. The zero-order chi connectivity index (χ0) is 50.7. The van der Waals surface area contributed by atoms with E-state index in [4.69, 9.17) is 14.2 Å². The van der Waals surface area contributed by atoms with Gasteiger partial charge < -0.3 is 14.2 Å². The molecule has 414 valence electrons. The van der Waals surface area contributed by atoms with Crippen LogP contribution in [0.4, 0.5) is 0 Å². The van der Waals surface area contributed by atoms with Gasteiger partial charge in [0.2, 0.25) is 0 Å². The third-order valence-corrected chi connectivity index (χ3v) is 14.5. The molecule has 0 heterocycles. The van der Waals surface area contributed by atoms with Crippen molar-refractivity contribution in [2.45, 2.75) is 367 Å². The summed E-state index contributed by atoms with van der Waals surface area (Å²) in [5.41, 5.74) is 0. The average Bonchev–Trinajstić information content (AvgIpc) is 3.36. The van der Waals surface area contributed by atoms with Crippen molar-refractivity contribution in [3.63, 3.8) is 0 Å². The zero-order valence-corrected chi connectivity index (χ0v) is 47.6. The average molecular weight is 988 g/mol. The molecule has 0 aliphatic heterocycles. The lowest BCUT2D eigenvalue weighted by molar-refractivity contribution is -0.167. The molecule has 0 bridgehead atoms. The number of esters is 3. The van der Waals surface area contributed by atoms with Crippen molar-refractivity contribution < 1.29 is 28.6 Å². The van der Waals surface area contributed by atoms with Gasteiger partial charge in [0.05, 0.1) is 0 Å². The molecule has 0 amide bonds. The Kier molecular flexibility index (Phi) is 58.1. The lowest BCUT2D eigenvalue weighted by Crippen LogP contribution is -2.30. The van der Waals surface area contributed by atoms with E-state index in [1.807, 2.05) is 0 Å². The maximum atomic E-state index is 12.7. The fourth-order valence-electron chi connectivity index (χ4n) is 9.74. The summed E-state index contributed by atoms with van der Waals surface area (Å²) in [6, 6.07) is 0. The maximum absolute atomic E-state index is 12.7. The van der Waals surface area contributed by atoms with Crippen molar-refractivity contribution in [1.29, 1.82) is 0 Å². The third-order valence-electron chi connectivity index (χ3n) is 14.5. The van der Waals surface area contributed by atoms with Gasteiger partial charge >= 0.3 is 17.9 Å². The maximum Gasteiger partial charge on any atom is 0.306 e. The quantitative estimate of drug-likeness (QED) is 0.0261. The summed E-state index contributed by atoms with van der Waals surface area (Å²) in [4.78, 5) is 37.8. The Morgan fingerprint density at radius 2 is 0.471 bits per heavy atom. The van der Waals surface area contributed by atoms with E-state index in [0.717, 1.165) is 57.8 Å². The van der Waals surface area contributed by atoms with E-state index in [-0.39, 0.29) is 31.1 Å². The lowest BCUT2D eigenvalue weighted by Gasteiger charge is -2.18. The standard InChI is InChI=1S/C64H122O6/c1-4-7-10-13-16-18-20-21-22-23-24-25-26-27-28-29-30-31-32-33-34-35-36-37-38-39-40-41-42-43-45-46-48-51-54-57-63(66)69-60-61(59-68-62(65)56-53-50-15-12-9-6-3)70-64(67)58-55-52-49-47-44-19-17-14-11-8-5-2/h23-24,61H,4-22,25-60H2,1-3H3/b24-23-. The second kappa shape index (κ2) is 59.7. The number of hydrogen-bond acceptors (Lipinski definition) is 6. The van der Waals surface area contributed by atoms with Crippen LogP contribution in [0.5, 0.6) is 0 Å². The lowest BCUT2D eigenvalue weighted by atomic mass is 10.0. The first-order valence-corrected chi connectivity index (χ1v) is 31.7. The summed E-state index contributed by atoms with van der Waals surface area (Å²) in [7, 11) is 0. The highest BCUT2D eigenvalue weighted by Gasteiger charge is 2.19. The minimum atomic E-state index is -0.760. The molecule has 0 aromatic carbocycles. The molecular weight excluding hydrogens is 865 g/mol. The Bertz CT molecular complexity index is 1090. The molecule has 0 radical (unpaired) electrons. The van der Waals surface area contributed by atoms with E-state index >= 15 is 0 Å². The zero-order valence-electron chi connectivity index (χ0n) is 47.6. The highest BCUT2D eigenvalue weighted by Crippen LogP contribution is 2.18. The van der Waals surface area contributed by atoms with Gasteiger partial charge in [0.15, 0.2) is 6.10 Å². The van der Waals surface area contributed by atoms with Crippen molar-refractivity contribution in [3.05, 3.63) is 12.2 Å². The van der Waals surface area contributed by atoms with E-state index in [2.05, 4.69) is 32.9 Å². The Morgan fingerprint density at radius 3 is 0.714 bits per heavy atom. The Morgan fingerprint density at radius 1 is 0.271 bits per heavy atom. The molecule has 1 unspecified atom stereocenters. The molecule has 0 aliphatic carbocycles. The van der Waals surface area contributed by atoms with E-state index in [0.29, 0.717) is 19.3 Å². The smallest absolute Gasteiger partial charge is 0.306 e. The molecule has 0 spiro atoms. The first-order chi connectivity index (χ1) is 34.5. The molecule has 0 N–H and O–H groups in total. The highest BCUT2D eigenvalue weighted by molar-refractivity contribution is 5.71. The number of allylic oxidation sites excluding steroid dienone is 2. The van der Waals surface area contributed by atoms with Crippen molar-refractivity contribution in [3.8, 4) is 0 Å². The molecule has 70 heavy (non-hydrogen) atoms. The van der Waals surface area contributed by atoms with Crippen LogP contribution in [-0.2, 0) is 28.6 Å². The molecule has 0 saturated heterocycles. The predicted octanol–water partition coefficient (Wildman–Crippen LogP) is 21.3. The number of ether oxygens (including phenoxy) is 3. The number of hydrogen-bond donors (Lipinski definition) is 0. The van der Waals surface area contributed by atoms with Crippen LogP contribution in [0.3, 0.4) is 0 Å². The molecular formula is C64H122O6. The predicted molar refractivity (Wildman–Crippen MR) is 303 cm³/mol. The van der Waals surface area contributed by atoms with Crippen LogP contribution in [0.1, 0.15) is 361 Å². The van der Waals surface area contributed by atoms with Crippen LogP contribution in [0.25, 0.3) is 0 Å². The van der Waals surface area contributed by atoms with Crippen LogP contribution < -0.4 is 0 Å². The van der Waals surface area contributed by atoms with Gasteiger partial charge in [-0.25, -0.2) is 0 Å². The second-order valence-corrected chi connectivity index (χ2v) is 21.7. The number of carbonyl (C=O) groups excluding carboxylic acids is 3. The Hall–Kier alpha value is -1.85. The molecule has 0 rings (SSSR count). The molecule has 6 nitrogen and oxygen atoms in total. The summed E-state index contributed by atoms with van der Waals surface area (Å²) < 4.78 is 16.7. The van der Waals surface area contributed by atoms with Crippen LogP contribution in [-0.4, -0.2) is 37.2 Å². The van der Waals surface area contributed by atoms with Crippen LogP contribution in [0.15, 0.2) is 12.2 Å². The van der Waals surface area contributed by atoms with E-state index in [1.165, 1.54) is 263 Å². The topological polar surface area (TPSA) is 78.9 Å². The minimum Gasteiger partial charge on any atom is -0.462 e. The van der Waals surface area contributed by atoms with Crippen molar-refractivity contribution >= 4 is 17.9 Å². The Balaban J connectivity index is 3.80. The summed E-state index contributed by atoms with van der Waals surface area (Å²) in [5.74, 6) is -0.854. The van der Waals surface area contributed by atoms with E-state index in [1.54, 1.807) is 0 Å². The molecule has 0 aromatic rings. The van der Waals surface area contributed by atoms with Crippen molar-refractivity contribution in [2.75, 3.05) is 13.2 Å². The minimum absolute atomic E-state index is 0.0638. The molecule has 1 atom stereocenters. The fraction of sp³-hybridized carbons (Fsp3) is 0.922. The third kappa shape index (κ3) is 57.1. The number of unbranched alkanes of at least 4 members (excludes halogenated alkanes) is 46. The van der Waals surface area contributed by atoms with E-state index < -0.39 is 6.10 Å². The Labute approximate surface area is 437 Å². The number of rotatable bonds is 59. The molecule has 0 aliphatic rings. The van der Waals surface area contributed by atoms with Crippen molar-refractivity contribution in [1.82, 2.24) is 0 Å². The second-order valence-electron chi connectivity index (χ2n) is 21.7. The summed E-state index contributed by atoms with van der Waals surface area (Å²) in [5, 5.41) is 0. The normalized spacial score (nSPS) is 12.0. The molecule has 6 heteroatoms. The SMILES string of the molecule is CCCCCCCCCC/C=C\CCCCCCCCCCCCCCCCCCCCCCCCCC(=O)OCC(COC(=O)CCCCCCCC)OC(=O)CCCCCCCCCCCCC. The molecule has 0 saturated carbocycles. The van der Waals surface area contributed by atoms with Crippen LogP contribution >= 0.6 is 0 Å². The summed E-state index contributed by atoms with van der Waals surface area (Å²) in [6.07, 6.45) is 70.1. The van der Waals surface area contributed by atoms with E-state index in [9.17, 15) is 14.4 Å². The van der Waals surface area contributed by atoms with Gasteiger partial charge in [-0.2, -0.15) is 0 Å². The molecule has 0 aromatic heterocycles. The van der Waals surface area contributed by atoms with Crippen LogP contribution in [0.2, 0.25) is 0 Å². The van der Waals surface area contributed by atoms with Gasteiger partial charge in [-0.15, -0.1) is 0 Å². The van der Waals surface area contributed by atoms with Crippen molar-refractivity contribution in [2.24, 2.45) is 0 Å².